The first kappa shape index (κ1) is 9.15. The Bertz CT molecular complexity index is 518. The molecule has 0 bridgehead atoms. The van der Waals surface area contributed by atoms with Crippen LogP contribution in [-0.4, -0.2) is 9.55 Å². The summed E-state index contributed by atoms with van der Waals surface area (Å²) in [5.74, 6) is 0. The number of nitrogens with zero attached hydrogens (tertiary/aromatic N) is 2. The van der Waals surface area contributed by atoms with E-state index in [0.717, 1.165) is 16.7 Å². The van der Waals surface area contributed by atoms with E-state index in [4.69, 9.17) is 0 Å². The molecule has 2 aromatic heterocycles. The maximum Gasteiger partial charge on any atom is 0.141 e. The fraction of sp³-hybridized carbons (Fsp3) is 0.300. The molecule has 3 heterocycles. The van der Waals surface area contributed by atoms with Crippen LogP contribution in [0.1, 0.15) is 12.1 Å². The van der Waals surface area contributed by atoms with Crippen molar-refractivity contribution in [2.75, 3.05) is 0 Å². The standard InChI is InChI=1S/C10H8BrIN2/c11-6-4-7-9(12)8-2-1-3-14(8)10(7)13-5-6/h4-5H,1-3H2. The van der Waals surface area contributed by atoms with Gasteiger partial charge in [-0.3, -0.25) is 0 Å². The lowest BCUT2D eigenvalue weighted by Gasteiger charge is -1.97. The van der Waals surface area contributed by atoms with Crippen LogP contribution in [0.3, 0.4) is 0 Å². The number of hydrogen-bond donors (Lipinski definition) is 0. The highest BCUT2D eigenvalue weighted by Crippen LogP contribution is 2.32. The van der Waals surface area contributed by atoms with Crippen LogP contribution in [0.4, 0.5) is 0 Å². The lowest BCUT2D eigenvalue weighted by Crippen LogP contribution is -1.92. The molecule has 0 amide bonds. The molecule has 0 atom stereocenters. The van der Waals surface area contributed by atoms with Gasteiger partial charge in [-0.2, -0.15) is 0 Å². The Morgan fingerprint density at radius 1 is 1.50 bits per heavy atom. The molecule has 2 aromatic rings. The van der Waals surface area contributed by atoms with Gasteiger partial charge in [0.15, 0.2) is 0 Å². The van der Waals surface area contributed by atoms with E-state index in [1.54, 1.807) is 0 Å². The van der Waals surface area contributed by atoms with Gasteiger partial charge in [-0.15, -0.1) is 0 Å². The predicted molar refractivity (Wildman–Crippen MR) is 68.5 cm³/mol. The Morgan fingerprint density at radius 3 is 3.21 bits per heavy atom. The molecule has 1 aliphatic rings. The van der Waals surface area contributed by atoms with Crippen molar-refractivity contribution < 1.29 is 0 Å². The van der Waals surface area contributed by atoms with Gasteiger partial charge in [0.2, 0.25) is 0 Å². The zero-order valence-electron chi connectivity index (χ0n) is 7.43. The van der Waals surface area contributed by atoms with Gasteiger partial charge in [-0.1, -0.05) is 0 Å². The maximum atomic E-state index is 4.48. The summed E-state index contributed by atoms with van der Waals surface area (Å²) in [5, 5.41) is 1.29. The number of rotatable bonds is 0. The van der Waals surface area contributed by atoms with E-state index in [-0.39, 0.29) is 0 Å². The van der Waals surface area contributed by atoms with Crippen molar-refractivity contribution in [3.8, 4) is 0 Å². The summed E-state index contributed by atoms with van der Waals surface area (Å²) in [7, 11) is 0. The second-order valence-electron chi connectivity index (χ2n) is 3.54. The molecule has 0 fully saturated rings. The van der Waals surface area contributed by atoms with E-state index in [1.165, 1.54) is 27.5 Å². The van der Waals surface area contributed by atoms with E-state index in [0.29, 0.717) is 0 Å². The van der Waals surface area contributed by atoms with Gasteiger partial charge in [-0.25, -0.2) is 4.98 Å². The van der Waals surface area contributed by atoms with E-state index < -0.39 is 0 Å². The number of halogens is 2. The largest absolute Gasteiger partial charge is 0.329 e. The average molecular weight is 363 g/mol. The molecule has 1 aliphatic heterocycles. The van der Waals surface area contributed by atoms with Gasteiger partial charge < -0.3 is 4.57 Å². The van der Waals surface area contributed by atoms with Gasteiger partial charge >= 0.3 is 0 Å². The highest BCUT2D eigenvalue weighted by atomic mass is 127. The fourth-order valence-electron chi connectivity index (χ4n) is 2.10. The molecule has 0 N–H and O–H groups in total. The first-order valence-corrected chi connectivity index (χ1v) is 6.46. The van der Waals surface area contributed by atoms with Crippen molar-refractivity contribution in [2.45, 2.75) is 19.4 Å². The summed E-state index contributed by atoms with van der Waals surface area (Å²) < 4.78 is 4.79. The van der Waals surface area contributed by atoms with Crippen molar-refractivity contribution in [1.82, 2.24) is 9.55 Å². The molecule has 0 spiro atoms. The van der Waals surface area contributed by atoms with Gasteiger partial charge in [0.05, 0.1) is 0 Å². The number of pyridine rings is 1. The lowest BCUT2D eigenvalue weighted by molar-refractivity contribution is 0.765. The minimum atomic E-state index is 1.06. The van der Waals surface area contributed by atoms with Crippen LogP contribution < -0.4 is 0 Å². The molecular weight excluding hydrogens is 355 g/mol. The zero-order chi connectivity index (χ0) is 9.71. The molecule has 0 saturated carbocycles. The highest BCUT2D eigenvalue weighted by Gasteiger charge is 2.20. The third-order valence-electron chi connectivity index (χ3n) is 2.70. The minimum Gasteiger partial charge on any atom is -0.329 e. The molecule has 0 aromatic carbocycles. The number of aromatic nitrogens is 2. The Balaban J connectivity index is 2.45. The van der Waals surface area contributed by atoms with E-state index in [2.05, 4.69) is 54.1 Å². The number of fused-ring (bicyclic) bond motifs is 3. The number of aryl methyl sites for hydroxylation is 1. The summed E-state index contributed by atoms with van der Waals surface area (Å²) in [6.07, 6.45) is 4.34. The van der Waals surface area contributed by atoms with Crippen LogP contribution in [0.15, 0.2) is 16.7 Å². The third kappa shape index (κ3) is 1.16. The molecule has 3 rings (SSSR count). The van der Waals surface area contributed by atoms with Crippen LogP contribution in [-0.2, 0) is 13.0 Å². The summed E-state index contributed by atoms with van der Waals surface area (Å²) in [6.45, 7) is 1.13. The average Bonchev–Trinajstić information content (AvgIpc) is 2.72. The quantitative estimate of drug-likeness (QED) is 0.657. The lowest BCUT2D eigenvalue weighted by atomic mass is 10.2. The SMILES string of the molecule is Brc1cnc2c(c1)c(I)c1n2CCC1. The van der Waals surface area contributed by atoms with Crippen LogP contribution in [0.2, 0.25) is 0 Å². The molecule has 2 nitrogen and oxygen atoms in total. The maximum absolute atomic E-state index is 4.48. The second kappa shape index (κ2) is 3.20. The van der Waals surface area contributed by atoms with Gasteiger partial charge in [0, 0.05) is 31.9 Å². The Morgan fingerprint density at radius 2 is 2.36 bits per heavy atom. The van der Waals surface area contributed by atoms with Crippen molar-refractivity contribution in [1.29, 1.82) is 0 Å². The van der Waals surface area contributed by atoms with Crippen molar-refractivity contribution in [3.05, 3.63) is 26.0 Å². The minimum absolute atomic E-state index is 1.06. The van der Waals surface area contributed by atoms with Crippen LogP contribution in [0, 0.1) is 3.57 Å². The highest BCUT2D eigenvalue weighted by molar-refractivity contribution is 14.1. The summed E-state index contributed by atoms with van der Waals surface area (Å²) in [6, 6.07) is 2.16. The summed E-state index contributed by atoms with van der Waals surface area (Å²) in [5.41, 5.74) is 2.61. The molecule has 4 heteroatoms. The summed E-state index contributed by atoms with van der Waals surface area (Å²) in [4.78, 5) is 4.48. The zero-order valence-corrected chi connectivity index (χ0v) is 11.2. The fourth-order valence-corrected chi connectivity index (χ4v) is 3.39. The Hall–Kier alpha value is -0.100. The van der Waals surface area contributed by atoms with Crippen molar-refractivity contribution in [3.63, 3.8) is 0 Å². The van der Waals surface area contributed by atoms with E-state index >= 15 is 0 Å². The first-order chi connectivity index (χ1) is 6.77. The van der Waals surface area contributed by atoms with Crippen LogP contribution in [0.25, 0.3) is 11.0 Å². The van der Waals surface area contributed by atoms with Crippen LogP contribution >= 0.6 is 38.5 Å². The third-order valence-corrected chi connectivity index (χ3v) is 4.34. The predicted octanol–water partition coefficient (Wildman–Crippen LogP) is 3.35. The molecule has 72 valence electrons. The topological polar surface area (TPSA) is 17.8 Å². The first-order valence-electron chi connectivity index (χ1n) is 4.59. The second-order valence-corrected chi connectivity index (χ2v) is 5.53. The molecule has 0 radical (unpaired) electrons. The Labute approximate surface area is 104 Å². The van der Waals surface area contributed by atoms with Gasteiger partial charge in [-0.05, 0) is 57.4 Å². The molecular formula is C10H8BrIN2. The van der Waals surface area contributed by atoms with Crippen LogP contribution in [0.5, 0.6) is 0 Å². The molecule has 0 unspecified atom stereocenters. The van der Waals surface area contributed by atoms with E-state index in [9.17, 15) is 0 Å². The Kier molecular flexibility index (Phi) is 2.09. The van der Waals surface area contributed by atoms with Crippen molar-refractivity contribution >= 4 is 49.6 Å². The molecule has 0 saturated heterocycles. The van der Waals surface area contributed by atoms with Crippen molar-refractivity contribution in [2.24, 2.45) is 0 Å². The van der Waals surface area contributed by atoms with E-state index in [1.807, 2.05) is 6.20 Å². The number of hydrogen-bond acceptors (Lipinski definition) is 1. The monoisotopic (exact) mass is 362 g/mol. The molecule has 0 aliphatic carbocycles. The summed E-state index contributed by atoms with van der Waals surface area (Å²) >= 11 is 5.90. The van der Waals surface area contributed by atoms with Gasteiger partial charge in [0.25, 0.3) is 0 Å². The molecule has 14 heavy (non-hydrogen) atoms. The smallest absolute Gasteiger partial charge is 0.141 e. The van der Waals surface area contributed by atoms with Gasteiger partial charge in [0.1, 0.15) is 5.65 Å². The normalized spacial score (nSPS) is 15.0.